The van der Waals surface area contributed by atoms with Gasteiger partial charge in [0.05, 0.1) is 4.90 Å². The molecule has 0 radical (unpaired) electrons. The second kappa shape index (κ2) is 8.07. The predicted molar refractivity (Wildman–Crippen MR) is 58.8 cm³/mol. The first-order valence-corrected chi connectivity index (χ1v) is 5.28. The summed E-state index contributed by atoms with van der Waals surface area (Å²) in [5, 5.41) is 8.75. The first kappa shape index (κ1) is 17.3. The number of carbonyl (C=O) groups excluding carboxylic acids is 2. The smallest absolute Gasteiger partial charge is 0.309 e. The monoisotopic (exact) mass is 264 g/mol. The maximum atomic E-state index is 10.4. The number of hydrogen-bond donors (Lipinski definition) is 4. The van der Waals surface area contributed by atoms with E-state index in [-0.39, 0.29) is 10.6 Å². The zero-order valence-corrected chi connectivity index (χ0v) is 9.42. The third kappa shape index (κ3) is 10.2. The lowest BCUT2D eigenvalue weighted by Gasteiger charge is -1.94. The molecule has 1 rings (SSSR count). The summed E-state index contributed by atoms with van der Waals surface area (Å²) >= 11 is 0. The van der Waals surface area contributed by atoms with Crippen molar-refractivity contribution >= 4 is 22.9 Å². The summed E-state index contributed by atoms with van der Waals surface area (Å²) in [6, 6.07) is 3.77. The number of benzene rings is 1. The zero-order valence-electron chi connectivity index (χ0n) is 8.61. The molecule has 6 N–H and O–H groups in total. The van der Waals surface area contributed by atoms with Crippen LogP contribution in [0.2, 0.25) is 0 Å². The number of aromatic hydroxyl groups is 1. The molecule has 1 aromatic rings. The number of hydrogen-bond acceptors (Lipinski definition) is 5. The lowest BCUT2D eigenvalue weighted by atomic mass is 10.3. The maximum absolute atomic E-state index is 10.4. The molecule has 2 amide bonds. The average molecular weight is 264 g/mol. The van der Waals surface area contributed by atoms with Crippen molar-refractivity contribution < 1.29 is 27.7 Å². The van der Waals surface area contributed by atoms with Gasteiger partial charge in [0, 0.05) is 0 Å². The minimum Gasteiger partial charge on any atom is -0.508 e. The second-order valence-corrected chi connectivity index (χ2v) is 3.79. The van der Waals surface area contributed by atoms with Gasteiger partial charge in [0.2, 0.25) is 0 Å². The van der Waals surface area contributed by atoms with Crippen molar-refractivity contribution in [3.8, 4) is 5.75 Å². The molecule has 1 aromatic carbocycles. The first-order chi connectivity index (χ1) is 7.73. The second-order valence-electron chi connectivity index (χ2n) is 2.37. The maximum Gasteiger partial charge on any atom is 0.309 e. The molecule has 0 bridgehead atoms. The van der Waals surface area contributed by atoms with Crippen LogP contribution >= 0.6 is 0 Å². The van der Waals surface area contributed by atoms with Gasteiger partial charge in [0.15, 0.2) is 0 Å². The molecule has 0 unspecified atom stereocenters. The van der Waals surface area contributed by atoms with E-state index in [2.05, 4.69) is 11.5 Å². The Hall–Kier alpha value is -2.13. The van der Waals surface area contributed by atoms with Gasteiger partial charge in [-0.1, -0.05) is 0 Å². The third-order valence-electron chi connectivity index (χ3n) is 1.13. The highest BCUT2D eigenvalue weighted by Crippen LogP contribution is 2.13. The Bertz CT molecular complexity index is 438. The van der Waals surface area contributed by atoms with E-state index >= 15 is 0 Å². The molecule has 0 aliphatic heterocycles. The van der Waals surface area contributed by atoms with Gasteiger partial charge in [0.25, 0.3) is 10.1 Å². The molecular formula is C8H12N2O6S. The van der Waals surface area contributed by atoms with E-state index in [0.29, 0.717) is 0 Å². The number of phenols is 1. The van der Waals surface area contributed by atoms with Gasteiger partial charge < -0.3 is 21.4 Å². The highest BCUT2D eigenvalue weighted by molar-refractivity contribution is 7.85. The van der Waals surface area contributed by atoms with Crippen molar-refractivity contribution in [2.45, 2.75) is 4.90 Å². The summed E-state index contributed by atoms with van der Waals surface area (Å²) in [6.07, 6.45) is 0. The molecule has 0 aliphatic rings. The van der Waals surface area contributed by atoms with Crippen molar-refractivity contribution in [1.82, 2.24) is 0 Å². The molecule has 0 spiro atoms. The summed E-state index contributed by atoms with van der Waals surface area (Å²) in [4.78, 5) is 16.8. The molecule has 0 saturated heterocycles. The van der Waals surface area contributed by atoms with Gasteiger partial charge in [0.1, 0.15) is 12.5 Å². The molecule has 0 saturated carbocycles. The van der Waals surface area contributed by atoms with Crippen LogP contribution in [0.1, 0.15) is 0 Å². The Morgan fingerprint density at radius 2 is 1.41 bits per heavy atom. The molecule has 17 heavy (non-hydrogen) atoms. The number of primary amides is 2. The Morgan fingerprint density at radius 3 is 1.65 bits per heavy atom. The fourth-order valence-electron chi connectivity index (χ4n) is 0.618. The molecule has 9 heteroatoms. The van der Waals surface area contributed by atoms with E-state index in [0.717, 1.165) is 12.1 Å². The third-order valence-corrected chi connectivity index (χ3v) is 2.00. The topological polar surface area (TPSA) is 161 Å². The van der Waals surface area contributed by atoms with E-state index in [4.69, 9.17) is 19.2 Å². The van der Waals surface area contributed by atoms with Gasteiger partial charge >= 0.3 is 6.03 Å². The van der Waals surface area contributed by atoms with Crippen molar-refractivity contribution in [3.05, 3.63) is 24.3 Å². The van der Waals surface area contributed by atoms with E-state index in [1.165, 1.54) is 12.1 Å². The number of phenolic OH excluding ortho intramolecular Hbond substituents is 1. The van der Waals surface area contributed by atoms with Crippen LogP contribution in [0, 0.1) is 0 Å². The quantitative estimate of drug-likeness (QED) is 0.499. The minimum absolute atomic E-state index is 0.0441. The van der Waals surface area contributed by atoms with E-state index in [9.17, 15) is 8.42 Å². The molecular weight excluding hydrogens is 252 g/mol. The van der Waals surface area contributed by atoms with Gasteiger partial charge in [-0.25, -0.2) is 4.79 Å². The Balaban J connectivity index is 0. The highest BCUT2D eigenvalue weighted by Gasteiger charge is 2.07. The number of urea groups is 1. The van der Waals surface area contributed by atoms with Crippen LogP contribution in [-0.2, 0) is 14.9 Å². The lowest BCUT2D eigenvalue weighted by molar-refractivity contribution is -0.0980. The van der Waals surface area contributed by atoms with Gasteiger partial charge in [-0.15, -0.1) is 0 Å². The van der Waals surface area contributed by atoms with Crippen LogP contribution in [0.15, 0.2) is 29.2 Å². The summed E-state index contributed by atoms with van der Waals surface area (Å²) in [5.41, 5.74) is 8.50. The Labute approximate surface area is 97.6 Å². The fourth-order valence-corrected chi connectivity index (χ4v) is 1.10. The predicted octanol–water partition coefficient (Wildman–Crippen LogP) is -0.522. The largest absolute Gasteiger partial charge is 0.508 e. The van der Waals surface area contributed by atoms with E-state index < -0.39 is 16.1 Å². The van der Waals surface area contributed by atoms with Gasteiger partial charge in [-0.05, 0) is 24.3 Å². The minimum atomic E-state index is -4.13. The lowest BCUT2D eigenvalue weighted by Crippen LogP contribution is -2.18. The highest BCUT2D eigenvalue weighted by atomic mass is 32.2. The number of nitrogens with two attached hydrogens (primary N) is 2. The molecule has 0 aliphatic carbocycles. The summed E-state index contributed by atoms with van der Waals surface area (Å²) in [5.74, 6) is -0.0441. The SMILES string of the molecule is C=O.NC(N)=O.O=S(=O)(O)c1ccc(O)cc1. The van der Waals surface area contributed by atoms with E-state index in [1.54, 1.807) is 0 Å². The van der Waals surface area contributed by atoms with Crippen molar-refractivity contribution in [2.24, 2.45) is 11.5 Å². The van der Waals surface area contributed by atoms with Gasteiger partial charge in [-0.2, -0.15) is 8.42 Å². The molecule has 0 aromatic heterocycles. The van der Waals surface area contributed by atoms with Crippen LogP contribution < -0.4 is 11.5 Å². The molecule has 0 atom stereocenters. The molecule has 0 heterocycles. The van der Waals surface area contributed by atoms with Crippen molar-refractivity contribution in [2.75, 3.05) is 0 Å². The Morgan fingerprint density at radius 1 is 1.12 bits per heavy atom. The first-order valence-electron chi connectivity index (χ1n) is 3.84. The standard InChI is InChI=1S/C6H6O4S.CH4N2O.CH2O/c7-5-1-3-6(4-2-5)11(8,9)10;2-1(3)4;1-2/h1-4,7H,(H,8,9,10);(H4,2,3,4);1H2. The fraction of sp³-hybridized carbons (Fsp3) is 0. The van der Waals surface area contributed by atoms with Crippen LogP contribution in [0.5, 0.6) is 5.75 Å². The van der Waals surface area contributed by atoms with Crippen LogP contribution in [-0.4, -0.2) is 30.9 Å². The summed E-state index contributed by atoms with van der Waals surface area (Å²) in [6.45, 7) is 2.00. The summed E-state index contributed by atoms with van der Waals surface area (Å²) < 4.78 is 29.3. The van der Waals surface area contributed by atoms with Crippen LogP contribution in [0.4, 0.5) is 4.79 Å². The summed E-state index contributed by atoms with van der Waals surface area (Å²) in [7, 11) is -4.13. The number of carbonyl (C=O) groups is 2. The number of amides is 2. The number of rotatable bonds is 1. The van der Waals surface area contributed by atoms with E-state index in [1.807, 2.05) is 6.79 Å². The van der Waals surface area contributed by atoms with Crippen LogP contribution in [0.3, 0.4) is 0 Å². The average Bonchev–Trinajstić information content (AvgIpc) is 2.19. The zero-order chi connectivity index (χ0) is 14.1. The Kier molecular flexibility index (Phi) is 8.20. The van der Waals surface area contributed by atoms with Gasteiger partial charge in [-0.3, -0.25) is 4.55 Å². The van der Waals surface area contributed by atoms with Crippen LogP contribution in [0.25, 0.3) is 0 Å². The molecule has 96 valence electrons. The molecule has 0 fully saturated rings. The normalized spacial score (nSPS) is 9.00. The van der Waals surface area contributed by atoms with Crippen molar-refractivity contribution in [1.29, 1.82) is 0 Å². The molecule has 8 nitrogen and oxygen atoms in total. The van der Waals surface area contributed by atoms with Crippen molar-refractivity contribution in [3.63, 3.8) is 0 Å².